The highest BCUT2D eigenvalue weighted by molar-refractivity contribution is 7.77. The van der Waals surface area contributed by atoms with Crippen LogP contribution in [0.1, 0.15) is 126 Å². The van der Waals surface area contributed by atoms with Crippen LogP contribution in [0.4, 0.5) is 0 Å². The van der Waals surface area contributed by atoms with E-state index in [2.05, 4.69) is 64.1 Å². The van der Waals surface area contributed by atoms with Crippen LogP contribution in [-0.4, -0.2) is 53.1 Å². The van der Waals surface area contributed by atoms with Crippen LogP contribution in [0.25, 0.3) is 22.2 Å². The minimum Gasteiger partial charge on any atom is -0.497 e. The first-order chi connectivity index (χ1) is 23.0. The SMILES string of the molecule is CCC(C)(CC)C(C)(C)C(C)O.CN(C)S.COc1ccc2c(c1)[C@@H]1C[C@]1(C(N)=O)Cn1c-2c(C2CCCCC2)c2ccc(C(N)=O)cc21. The van der Waals surface area contributed by atoms with Crippen LogP contribution in [0.3, 0.4) is 0 Å². The third-order valence-corrected chi connectivity index (χ3v) is 12.5. The number of methoxy groups -OCH3 is 1. The number of aliphatic hydroxyl groups is 1. The van der Waals surface area contributed by atoms with Gasteiger partial charge in [-0.15, -0.1) is 0 Å². The normalized spacial score (nSPS) is 20.8. The zero-order valence-electron chi connectivity index (χ0n) is 31.2. The Bertz CT molecular complexity index is 1650. The van der Waals surface area contributed by atoms with Crippen molar-refractivity contribution in [3.8, 4) is 17.0 Å². The van der Waals surface area contributed by atoms with Gasteiger partial charge in [0, 0.05) is 34.5 Å². The molecule has 0 saturated heterocycles. The predicted molar refractivity (Wildman–Crippen MR) is 204 cm³/mol. The maximum absolute atomic E-state index is 12.8. The molecule has 2 aromatic carbocycles. The molecule has 2 saturated carbocycles. The molecule has 3 aromatic rings. The predicted octanol–water partition coefficient (Wildman–Crippen LogP) is 8.05. The summed E-state index contributed by atoms with van der Waals surface area (Å²) < 4.78 is 9.50. The Morgan fingerprint density at radius 3 is 2.16 bits per heavy atom. The fourth-order valence-electron chi connectivity index (χ4n) is 8.15. The standard InChI is InChI=1S/C27H29N3O3.C11H24O.C2H7NS/c1-33-17-8-10-18-20(12-17)21-13-27(21,26(29)32)14-30-22-11-16(25(28)31)7-9-19(22)23(24(18)30)15-5-3-2-4-6-15;1-7-11(6,8-2)10(4,5)9(3)12;1-3(2)4/h7-12,15,21H,2-6,13-14H2,1H3,(H2,28,31)(H2,29,32);9,12H,7-8H2,1-6H3;4H,1-2H3/t21-,27-;;/m0../s1. The Balaban J connectivity index is 0.000000285. The van der Waals surface area contributed by atoms with Crippen LogP contribution in [0.2, 0.25) is 0 Å². The van der Waals surface area contributed by atoms with Crippen LogP contribution in [0, 0.1) is 16.2 Å². The van der Waals surface area contributed by atoms with E-state index in [4.69, 9.17) is 16.2 Å². The highest BCUT2D eigenvalue weighted by Crippen LogP contribution is 2.65. The molecule has 2 amide bonds. The first kappa shape index (κ1) is 38.8. The minimum atomic E-state index is -0.620. The number of hydrogen-bond donors (Lipinski definition) is 4. The van der Waals surface area contributed by atoms with Crippen LogP contribution in [0.5, 0.6) is 5.75 Å². The van der Waals surface area contributed by atoms with E-state index in [1.54, 1.807) is 11.4 Å². The lowest BCUT2D eigenvalue weighted by molar-refractivity contribution is -0.123. The number of fused-ring (bicyclic) bond motifs is 7. The molecule has 0 radical (unpaired) electrons. The highest BCUT2D eigenvalue weighted by atomic mass is 32.1. The molecule has 6 rings (SSSR count). The van der Waals surface area contributed by atoms with E-state index in [-0.39, 0.29) is 28.8 Å². The molecule has 49 heavy (non-hydrogen) atoms. The third-order valence-electron chi connectivity index (χ3n) is 12.5. The molecule has 8 nitrogen and oxygen atoms in total. The molecule has 1 aromatic heterocycles. The zero-order chi connectivity index (χ0) is 36.5. The van der Waals surface area contributed by atoms with E-state index >= 15 is 0 Å². The Kier molecular flexibility index (Phi) is 11.9. The van der Waals surface area contributed by atoms with Crippen molar-refractivity contribution in [2.45, 2.75) is 117 Å². The van der Waals surface area contributed by atoms with Crippen molar-refractivity contribution in [2.75, 3.05) is 21.2 Å². The molecule has 2 heterocycles. The van der Waals surface area contributed by atoms with Gasteiger partial charge in [-0.05, 0) is 98.5 Å². The topological polar surface area (TPSA) is 124 Å². The van der Waals surface area contributed by atoms with E-state index in [9.17, 15) is 14.7 Å². The number of primary amides is 2. The molecule has 5 N–H and O–H groups in total. The molecule has 1 aliphatic heterocycles. The number of nitrogens with zero attached hydrogens (tertiary/aromatic N) is 2. The molecule has 2 fully saturated rings. The summed E-state index contributed by atoms with van der Waals surface area (Å²) in [6, 6.07) is 12.0. The Morgan fingerprint density at radius 2 is 1.67 bits per heavy atom. The fourth-order valence-corrected chi connectivity index (χ4v) is 8.15. The van der Waals surface area contributed by atoms with Gasteiger partial charge in [0.1, 0.15) is 5.75 Å². The van der Waals surface area contributed by atoms with Gasteiger partial charge < -0.3 is 25.9 Å². The number of aromatic nitrogens is 1. The first-order valence-electron chi connectivity index (χ1n) is 18.0. The zero-order valence-corrected chi connectivity index (χ0v) is 32.1. The van der Waals surface area contributed by atoms with Crippen molar-refractivity contribution in [1.82, 2.24) is 8.87 Å². The number of carbonyl (C=O) groups is 2. The maximum Gasteiger partial charge on any atom is 0.248 e. The number of ether oxygens (including phenoxy) is 1. The van der Waals surface area contributed by atoms with E-state index < -0.39 is 11.3 Å². The molecule has 3 atom stereocenters. The summed E-state index contributed by atoms with van der Waals surface area (Å²) in [6.07, 6.45) is 8.77. The van der Waals surface area contributed by atoms with Gasteiger partial charge in [0.25, 0.3) is 0 Å². The Morgan fingerprint density at radius 1 is 1.06 bits per heavy atom. The molecule has 2 aliphatic carbocycles. The minimum absolute atomic E-state index is 0.0104. The quantitative estimate of drug-likeness (QED) is 0.178. The summed E-state index contributed by atoms with van der Waals surface area (Å²) in [5, 5.41) is 10.8. The van der Waals surface area contributed by atoms with Gasteiger partial charge in [-0.2, -0.15) is 0 Å². The van der Waals surface area contributed by atoms with Crippen molar-refractivity contribution in [3.05, 3.63) is 53.1 Å². The van der Waals surface area contributed by atoms with E-state index in [0.717, 1.165) is 59.9 Å². The van der Waals surface area contributed by atoms with Crippen molar-refractivity contribution < 1.29 is 19.4 Å². The number of thiol groups is 1. The van der Waals surface area contributed by atoms with E-state index in [1.165, 1.54) is 30.5 Å². The number of aliphatic hydroxyl groups excluding tert-OH is 1. The number of benzene rings is 2. The van der Waals surface area contributed by atoms with Gasteiger partial charge in [0.2, 0.25) is 11.8 Å². The second-order valence-electron chi connectivity index (χ2n) is 15.5. The summed E-state index contributed by atoms with van der Waals surface area (Å²) in [5.41, 5.74) is 17.6. The lowest BCUT2D eigenvalue weighted by atomic mass is 9.61. The summed E-state index contributed by atoms with van der Waals surface area (Å²) >= 11 is 3.80. The van der Waals surface area contributed by atoms with Crippen molar-refractivity contribution in [3.63, 3.8) is 0 Å². The summed E-state index contributed by atoms with van der Waals surface area (Å²) in [4.78, 5) is 24.8. The van der Waals surface area contributed by atoms with Gasteiger partial charge in [0.15, 0.2) is 0 Å². The molecular formula is C40H60N4O4S. The van der Waals surface area contributed by atoms with Gasteiger partial charge in [-0.25, -0.2) is 0 Å². The van der Waals surface area contributed by atoms with Crippen LogP contribution in [0.15, 0.2) is 36.4 Å². The van der Waals surface area contributed by atoms with Crippen LogP contribution < -0.4 is 16.2 Å². The average molecular weight is 693 g/mol. The lowest BCUT2D eigenvalue weighted by Crippen LogP contribution is -2.42. The molecule has 0 bridgehead atoms. The molecule has 0 spiro atoms. The summed E-state index contributed by atoms with van der Waals surface area (Å²) in [7, 11) is 5.40. The molecule has 1 unspecified atom stereocenters. The largest absolute Gasteiger partial charge is 0.497 e. The second kappa shape index (κ2) is 15.1. The van der Waals surface area contributed by atoms with E-state index in [0.29, 0.717) is 18.0 Å². The molecule has 3 aliphatic rings. The Labute approximate surface area is 299 Å². The fraction of sp³-hybridized carbons (Fsp3) is 0.600. The summed E-state index contributed by atoms with van der Waals surface area (Å²) in [6.45, 7) is 13.4. The number of nitrogens with two attached hydrogens (primary N) is 2. The summed E-state index contributed by atoms with van der Waals surface area (Å²) in [5.74, 6) is 0.610. The lowest BCUT2D eigenvalue weighted by Gasteiger charge is -2.45. The van der Waals surface area contributed by atoms with Crippen LogP contribution in [-0.2, 0) is 11.3 Å². The van der Waals surface area contributed by atoms with Gasteiger partial charge in [-0.1, -0.05) is 85.6 Å². The Hall–Kier alpha value is -3.01. The molecule has 270 valence electrons. The van der Waals surface area contributed by atoms with Crippen molar-refractivity contribution in [2.24, 2.45) is 27.7 Å². The van der Waals surface area contributed by atoms with Crippen molar-refractivity contribution in [1.29, 1.82) is 0 Å². The number of hydrogen-bond acceptors (Lipinski definition) is 6. The number of carbonyl (C=O) groups excluding carboxylic acids is 2. The van der Waals surface area contributed by atoms with Crippen molar-refractivity contribution >= 4 is 35.5 Å². The maximum atomic E-state index is 12.8. The van der Waals surface area contributed by atoms with Gasteiger partial charge in [0.05, 0.1) is 24.3 Å². The second-order valence-corrected chi connectivity index (χ2v) is 16.3. The van der Waals surface area contributed by atoms with Crippen LogP contribution >= 0.6 is 12.8 Å². The highest BCUT2D eigenvalue weighted by Gasteiger charge is 2.62. The average Bonchev–Trinajstić information content (AvgIpc) is 3.74. The molecular weight excluding hydrogens is 633 g/mol. The first-order valence-corrected chi connectivity index (χ1v) is 18.4. The molecule has 9 heteroatoms. The van der Waals surface area contributed by atoms with E-state index in [1.807, 2.05) is 45.3 Å². The number of amides is 2. The van der Waals surface area contributed by atoms with Gasteiger partial charge >= 0.3 is 0 Å². The monoisotopic (exact) mass is 692 g/mol. The number of rotatable bonds is 8. The smallest absolute Gasteiger partial charge is 0.248 e. The third kappa shape index (κ3) is 7.40. The van der Waals surface area contributed by atoms with Gasteiger partial charge in [-0.3, -0.25) is 13.9 Å².